The van der Waals surface area contributed by atoms with Crippen molar-refractivity contribution in [1.82, 2.24) is 4.90 Å². The van der Waals surface area contributed by atoms with Crippen molar-refractivity contribution in [2.75, 3.05) is 6.61 Å². The molecule has 0 aromatic heterocycles. The van der Waals surface area contributed by atoms with Crippen LogP contribution in [0.1, 0.15) is 43.0 Å². The molecule has 2 saturated heterocycles. The summed E-state index contributed by atoms with van der Waals surface area (Å²) in [5, 5.41) is -0.432. The predicted octanol–water partition coefficient (Wildman–Crippen LogP) is 3.69. The van der Waals surface area contributed by atoms with Gasteiger partial charge in [0.2, 0.25) is 0 Å². The maximum Gasteiger partial charge on any atom is 0.258 e. The lowest BCUT2D eigenvalue weighted by atomic mass is 10.0. The van der Waals surface area contributed by atoms with Crippen molar-refractivity contribution in [1.29, 1.82) is 0 Å². The number of hydrogen-bond donors (Lipinski definition) is 0. The molecule has 0 aliphatic carbocycles. The topological polar surface area (TPSA) is 63.7 Å². The van der Waals surface area contributed by atoms with Crippen molar-refractivity contribution < 1.29 is 17.9 Å². The maximum absolute atomic E-state index is 13.3. The first-order chi connectivity index (χ1) is 13.5. The number of amides is 1. The quantitative estimate of drug-likeness (QED) is 0.769. The third-order valence-electron chi connectivity index (χ3n) is 5.85. The average Bonchev–Trinajstić information content (AvgIpc) is 2.97. The number of ether oxygens (including phenoxy) is 1. The van der Waals surface area contributed by atoms with Gasteiger partial charge in [0.1, 0.15) is 5.75 Å². The SMILES string of the molecule is CCOc1ccccc1C(=O)N1[C@H]2CC[C@H]1CC(S(=O)(=O)c1ccccc1)C2. The Morgan fingerprint density at radius 1 is 1.00 bits per heavy atom. The molecule has 6 heteroatoms. The molecule has 1 amide bonds. The zero-order valence-corrected chi connectivity index (χ0v) is 16.8. The van der Waals surface area contributed by atoms with Gasteiger partial charge in [-0.2, -0.15) is 0 Å². The van der Waals surface area contributed by atoms with Gasteiger partial charge in [-0.15, -0.1) is 0 Å². The van der Waals surface area contributed by atoms with Gasteiger partial charge in [-0.1, -0.05) is 30.3 Å². The molecule has 0 saturated carbocycles. The highest BCUT2D eigenvalue weighted by molar-refractivity contribution is 7.92. The van der Waals surface area contributed by atoms with Crippen molar-refractivity contribution in [2.24, 2.45) is 0 Å². The number of sulfone groups is 1. The molecule has 148 valence electrons. The maximum atomic E-state index is 13.3. The zero-order valence-electron chi connectivity index (χ0n) is 16.0. The second-order valence-corrected chi connectivity index (χ2v) is 9.71. The van der Waals surface area contributed by atoms with Gasteiger partial charge >= 0.3 is 0 Å². The van der Waals surface area contributed by atoms with Gasteiger partial charge in [0, 0.05) is 12.1 Å². The van der Waals surface area contributed by atoms with Crippen molar-refractivity contribution in [3.63, 3.8) is 0 Å². The number of rotatable bonds is 5. The normalized spacial score (nSPS) is 24.2. The van der Waals surface area contributed by atoms with Crippen molar-refractivity contribution in [3.8, 4) is 5.75 Å². The molecule has 4 rings (SSSR count). The average molecular weight is 400 g/mol. The van der Waals surface area contributed by atoms with Crippen LogP contribution in [-0.4, -0.2) is 43.2 Å². The van der Waals surface area contributed by atoms with E-state index in [-0.39, 0.29) is 18.0 Å². The molecule has 2 aromatic carbocycles. The van der Waals surface area contributed by atoms with Crippen molar-refractivity contribution >= 4 is 15.7 Å². The fourth-order valence-electron chi connectivity index (χ4n) is 4.58. The molecule has 2 aliphatic rings. The number of benzene rings is 2. The molecule has 0 spiro atoms. The number of fused-ring (bicyclic) bond motifs is 2. The Morgan fingerprint density at radius 2 is 1.61 bits per heavy atom. The van der Waals surface area contributed by atoms with Gasteiger partial charge in [0.15, 0.2) is 9.84 Å². The minimum Gasteiger partial charge on any atom is -0.493 e. The molecule has 28 heavy (non-hydrogen) atoms. The molecular weight excluding hydrogens is 374 g/mol. The molecule has 2 aromatic rings. The Labute approximate surface area is 166 Å². The third-order valence-corrected chi connectivity index (χ3v) is 8.04. The summed E-state index contributed by atoms with van der Waals surface area (Å²) in [7, 11) is -3.38. The molecule has 0 radical (unpaired) electrons. The summed E-state index contributed by atoms with van der Waals surface area (Å²) in [5.74, 6) is 0.542. The molecule has 2 fully saturated rings. The largest absolute Gasteiger partial charge is 0.493 e. The number of nitrogens with zero attached hydrogens (tertiary/aromatic N) is 1. The molecular formula is C22H25NO4S. The van der Waals surface area contributed by atoms with Crippen molar-refractivity contribution in [2.45, 2.75) is 54.8 Å². The van der Waals surface area contributed by atoms with Crippen LogP contribution in [0.2, 0.25) is 0 Å². The molecule has 0 N–H and O–H groups in total. The summed E-state index contributed by atoms with van der Waals surface area (Å²) >= 11 is 0. The number of para-hydroxylation sites is 1. The standard InChI is InChI=1S/C22H25NO4S/c1-2-27-21-11-7-6-10-20(21)22(24)23-16-12-13-17(23)15-19(14-16)28(25,26)18-8-4-3-5-9-18/h3-11,16-17,19H,2,12-15H2,1H3/t16-,17-/m0/s1. The third kappa shape index (κ3) is 3.30. The molecule has 2 heterocycles. The zero-order chi connectivity index (χ0) is 19.7. The van der Waals surface area contributed by atoms with E-state index in [0.717, 1.165) is 12.8 Å². The minimum absolute atomic E-state index is 0.0376. The second-order valence-electron chi connectivity index (χ2n) is 7.48. The summed E-state index contributed by atoms with van der Waals surface area (Å²) in [5.41, 5.74) is 0.561. The van der Waals surface area contributed by atoms with E-state index in [0.29, 0.717) is 35.7 Å². The summed E-state index contributed by atoms with van der Waals surface area (Å²) in [6, 6.07) is 15.9. The highest BCUT2D eigenvalue weighted by Gasteiger charge is 2.47. The van der Waals surface area contributed by atoms with Crippen LogP contribution < -0.4 is 4.74 Å². The van der Waals surface area contributed by atoms with Crippen LogP contribution in [0.5, 0.6) is 5.75 Å². The highest BCUT2D eigenvalue weighted by atomic mass is 32.2. The van der Waals surface area contributed by atoms with Gasteiger partial charge in [-0.3, -0.25) is 4.79 Å². The van der Waals surface area contributed by atoms with E-state index in [1.54, 1.807) is 30.3 Å². The molecule has 0 unspecified atom stereocenters. The minimum atomic E-state index is -3.38. The lowest BCUT2D eigenvalue weighted by Gasteiger charge is -2.39. The van der Waals surface area contributed by atoms with Crippen LogP contribution in [0.3, 0.4) is 0 Å². The summed E-state index contributed by atoms with van der Waals surface area (Å²) in [6.07, 6.45) is 2.70. The van der Waals surface area contributed by atoms with Crippen molar-refractivity contribution in [3.05, 3.63) is 60.2 Å². The van der Waals surface area contributed by atoms with Gasteiger partial charge in [0.05, 0.1) is 22.3 Å². The number of hydrogen-bond acceptors (Lipinski definition) is 4. The van der Waals surface area contributed by atoms with Gasteiger partial charge in [-0.25, -0.2) is 8.42 Å². The molecule has 2 bridgehead atoms. The Kier molecular flexibility index (Phi) is 5.15. The van der Waals surface area contributed by atoms with Gasteiger partial charge in [0.25, 0.3) is 5.91 Å². The summed E-state index contributed by atoms with van der Waals surface area (Å²) < 4.78 is 31.8. The van der Waals surface area contributed by atoms with Crippen LogP contribution in [-0.2, 0) is 9.84 Å². The Bertz CT molecular complexity index is 944. The first kappa shape index (κ1) is 19.0. The Morgan fingerprint density at radius 3 is 2.25 bits per heavy atom. The fraction of sp³-hybridized carbons (Fsp3) is 0.409. The van der Waals surface area contributed by atoms with Crippen LogP contribution in [0.25, 0.3) is 0 Å². The number of piperidine rings is 1. The van der Waals surface area contributed by atoms with Crippen LogP contribution in [0.4, 0.5) is 0 Å². The van der Waals surface area contributed by atoms with E-state index < -0.39 is 15.1 Å². The van der Waals surface area contributed by atoms with E-state index in [1.165, 1.54) is 0 Å². The Hall–Kier alpha value is -2.34. The van der Waals surface area contributed by atoms with E-state index in [2.05, 4.69) is 0 Å². The fourth-order valence-corrected chi connectivity index (χ4v) is 6.45. The molecule has 5 nitrogen and oxygen atoms in total. The summed E-state index contributed by atoms with van der Waals surface area (Å²) in [6.45, 7) is 2.39. The lowest BCUT2D eigenvalue weighted by molar-refractivity contribution is 0.0594. The second kappa shape index (κ2) is 7.59. The monoisotopic (exact) mass is 399 g/mol. The van der Waals surface area contributed by atoms with E-state index in [4.69, 9.17) is 4.74 Å². The first-order valence-corrected chi connectivity index (χ1v) is 11.4. The molecule has 2 aliphatic heterocycles. The molecule has 2 atom stereocenters. The van der Waals surface area contributed by atoms with Gasteiger partial charge < -0.3 is 9.64 Å². The van der Waals surface area contributed by atoms with Crippen LogP contribution >= 0.6 is 0 Å². The highest BCUT2D eigenvalue weighted by Crippen LogP contribution is 2.41. The van der Waals surface area contributed by atoms with E-state index in [9.17, 15) is 13.2 Å². The summed E-state index contributed by atoms with van der Waals surface area (Å²) in [4.78, 5) is 15.6. The smallest absolute Gasteiger partial charge is 0.258 e. The Balaban J connectivity index is 1.58. The van der Waals surface area contributed by atoms with E-state index >= 15 is 0 Å². The van der Waals surface area contributed by atoms with E-state index in [1.807, 2.05) is 36.1 Å². The number of carbonyl (C=O) groups is 1. The van der Waals surface area contributed by atoms with Crippen LogP contribution in [0, 0.1) is 0 Å². The van der Waals surface area contributed by atoms with Gasteiger partial charge in [-0.05, 0) is 56.9 Å². The first-order valence-electron chi connectivity index (χ1n) is 9.85. The lowest BCUT2D eigenvalue weighted by Crippen LogP contribution is -2.49. The predicted molar refractivity (Wildman–Crippen MR) is 107 cm³/mol. The van der Waals surface area contributed by atoms with Crippen LogP contribution in [0.15, 0.2) is 59.5 Å². The number of carbonyl (C=O) groups excluding carboxylic acids is 1.